The highest BCUT2D eigenvalue weighted by molar-refractivity contribution is 7.92. The van der Waals surface area contributed by atoms with E-state index in [1.807, 2.05) is 20.8 Å². The number of alkyl halides is 3. The molecule has 0 aliphatic carbocycles. The summed E-state index contributed by atoms with van der Waals surface area (Å²) in [4.78, 5) is 13.5. The molecule has 0 aromatic heterocycles. The van der Waals surface area contributed by atoms with Crippen LogP contribution in [0.3, 0.4) is 0 Å². The van der Waals surface area contributed by atoms with Crippen LogP contribution in [0.1, 0.15) is 32.8 Å². The van der Waals surface area contributed by atoms with Gasteiger partial charge in [0.25, 0.3) is 10.0 Å². The number of carbonyl (C=O) groups excluding carboxylic acids is 1. The van der Waals surface area contributed by atoms with Gasteiger partial charge in [-0.2, -0.15) is 13.2 Å². The van der Waals surface area contributed by atoms with Gasteiger partial charge >= 0.3 is 12.3 Å². The zero-order chi connectivity index (χ0) is 25.1. The van der Waals surface area contributed by atoms with E-state index in [-0.39, 0.29) is 16.7 Å². The number of rotatable bonds is 7. The lowest BCUT2D eigenvalue weighted by Gasteiger charge is -2.39. The fourth-order valence-corrected chi connectivity index (χ4v) is 5.10. The van der Waals surface area contributed by atoms with Crippen molar-refractivity contribution in [1.29, 1.82) is 0 Å². The average Bonchev–Trinajstić information content (AvgIpc) is 2.70. The second-order valence-electron chi connectivity index (χ2n) is 9.40. The first kappa shape index (κ1) is 25.9. The Kier molecular flexibility index (Phi) is 7.50. The van der Waals surface area contributed by atoms with Crippen molar-refractivity contribution in [3.63, 3.8) is 0 Å². The molecular formula is C24H29F3N2O4S. The number of anilines is 1. The Morgan fingerprint density at radius 2 is 1.62 bits per heavy atom. The van der Waals surface area contributed by atoms with Crippen LogP contribution in [0.5, 0.6) is 0 Å². The quantitative estimate of drug-likeness (QED) is 0.524. The second-order valence-corrected chi connectivity index (χ2v) is 11.3. The van der Waals surface area contributed by atoms with E-state index in [1.54, 1.807) is 23.1 Å². The molecule has 0 bridgehead atoms. The van der Waals surface area contributed by atoms with Crippen molar-refractivity contribution in [2.24, 2.45) is 5.92 Å². The van der Waals surface area contributed by atoms with E-state index in [1.165, 1.54) is 36.4 Å². The van der Waals surface area contributed by atoms with E-state index in [2.05, 4.69) is 0 Å². The van der Waals surface area contributed by atoms with Crippen molar-refractivity contribution in [3.8, 4) is 0 Å². The molecule has 1 fully saturated rings. The van der Waals surface area contributed by atoms with Crippen LogP contribution < -0.4 is 4.31 Å². The lowest BCUT2D eigenvalue weighted by molar-refractivity contribution is -0.117. The number of halogens is 3. The summed E-state index contributed by atoms with van der Waals surface area (Å²) in [6.07, 6.45) is -3.58. The molecule has 0 spiro atoms. The van der Waals surface area contributed by atoms with Crippen LogP contribution in [-0.2, 0) is 21.2 Å². The third-order valence-electron chi connectivity index (χ3n) is 5.33. The molecule has 2 aromatic carbocycles. The summed E-state index contributed by atoms with van der Waals surface area (Å²) in [5.41, 5.74) is 0.283. The van der Waals surface area contributed by atoms with Crippen LogP contribution in [0, 0.1) is 5.92 Å². The minimum Gasteiger partial charge on any atom is -0.444 e. The van der Waals surface area contributed by atoms with Gasteiger partial charge in [-0.3, -0.25) is 4.31 Å². The van der Waals surface area contributed by atoms with Crippen LogP contribution in [0.25, 0.3) is 0 Å². The molecule has 186 valence electrons. The van der Waals surface area contributed by atoms with Crippen LogP contribution in [0.15, 0.2) is 59.5 Å². The molecule has 1 aliphatic heterocycles. The Balaban J connectivity index is 1.63. The number of ether oxygens (including phenoxy) is 1. The molecule has 0 radical (unpaired) electrons. The average molecular weight is 499 g/mol. The Bertz CT molecular complexity index is 1080. The van der Waals surface area contributed by atoms with Crippen LogP contribution in [0.4, 0.5) is 23.7 Å². The third-order valence-corrected chi connectivity index (χ3v) is 7.12. The Morgan fingerprint density at radius 3 is 2.15 bits per heavy atom. The van der Waals surface area contributed by atoms with Crippen molar-refractivity contribution in [3.05, 3.63) is 60.2 Å². The number of hydrogen-bond acceptors (Lipinski definition) is 4. The maximum atomic E-state index is 13.2. The maximum Gasteiger partial charge on any atom is 0.410 e. The van der Waals surface area contributed by atoms with E-state index in [0.717, 1.165) is 12.0 Å². The highest BCUT2D eigenvalue weighted by Crippen LogP contribution is 2.29. The monoisotopic (exact) mass is 498 g/mol. The van der Waals surface area contributed by atoms with Crippen molar-refractivity contribution in [2.45, 2.75) is 50.3 Å². The molecular weight excluding hydrogens is 469 g/mol. The molecule has 3 rings (SSSR count). The number of benzene rings is 2. The van der Waals surface area contributed by atoms with Gasteiger partial charge in [-0.15, -0.1) is 0 Å². The van der Waals surface area contributed by atoms with Gasteiger partial charge in [-0.1, -0.05) is 30.3 Å². The summed E-state index contributed by atoms with van der Waals surface area (Å²) in [5, 5.41) is 0. The summed E-state index contributed by atoms with van der Waals surface area (Å²) in [7, 11) is -4.38. The minimum atomic E-state index is -4.70. The molecule has 6 nitrogen and oxygen atoms in total. The minimum absolute atomic E-state index is 0.0512. The fraction of sp³-hybridized carbons (Fsp3) is 0.458. The molecule has 0 N–H and O–H groups in total. The predicted octanol–water partition coefficient (Wildman–Crippen LogP) is 5.24. The van der Waals surface area contributed by atoms with Crippen LogP contribution >= 0.6 is 0 Å². The van der Waals surface area contributed by atoms with Crippen molar-refractivity contribution < 1.29 is 31.1 Å². The van der Waals surface area contributed by atoms with Crippen LogP contribution in [0.2, 0.25) is 0 Å². The molecule has 1 amide bonds. The summed E-state index contributed by atoms with van der Waals surface area (Å²) in [5.74, 6) is 0.312. The number of hydrogen-bond donors (Lipinski definition) is 0. The van der Waals surface area contributed by atoms with Gasteiger partial charge in [0.15, 0.2) is 0 Å². The first-order chi connectivity index (χ1) is 15.7. The number of nitrogens with zero attached hydrogens (tertiary/aromatic N) is 2. The molecule has 34 heavy (non-hydrogen) atoms. The highest BCUT2D eigenvalue weighted by atomic mass is 32.2. The highest BCUT2D eigenvalue weighted by Gasteiger charge is 2.37. The zero-order valence-corrected chi connectivity index (χ0v) is 20.2. The van der Waals surface area contributed by atoms with Gasteiger partial charge in [0.2, 0.25) is 0 Å². The SMILES string of the molecule is CC(C)(C)OC(=O)N1CC(CCc2ccc(N(CC(F)(F)F)S(=O)(=O)c3ccccc3)cc2)C1. The zero-order valence-electron chi connectivity index (χ0n) is 19.4. The summed E-state index contributed by atoms with van der Waals surface area (Å²) >= 11 is 0. The summed E-state index contributed by atoms with van der Waals surface area (Å²) < 4.78 is 71.2. The van der Waals surface area contributed by atoms with Gasteiger partial charge in [0, 0.05) is 13.1 Å². The molecule has 1 heterocycles. The smallest absolute Gasteiger partial charge is 0.410 e. The van der Waals surface area contributed by atoms with Crippen LogP contribution in [-0.4, -0.2) is 50.8 Å². The second kappa shape index (κ2) is 9.85. The number of carbonyl (C=O) groups is 1. The number of aryl methyl sites for hydroxylation is 1. The van der Waals surface area contributed by atoms with Gasteiger partial charge in [0.05, 0.1) is 10.6 Å². The van der Waals surface area contributed by atoms with E-state index < -0.39 is 28.3 Å². The Hall–Kier alpha value is -2.75. The Morgan fingerprint density at radius 1 is 1.03 bits per heavy atom. The van der Waals surface area contributed by atoms with E-state index >= 15 is 0 Å². The number of amides is 1. The topological polar surface area (TPSA) is 66.9 Å². The molecule has 1 saturated heterocycles. The molecule has 0 saturated carbocycles. The van der Waals surface area contributed by atoms with Gasteiger partial charge in [-0.05, 0) is 69.4 Å². The fourth-order valence-electron chi connectivity index (χ4n) is 3.63. The lowest BCUT2D eigenvalue weighted by atomic mass is 9.93. The van der Waals surface area contributed by atoms with Crippen molar-refractivity contribution in [2.75, 3.05) is 23.9 Å². The standard InChI is InChI=1S/C24H29F3N2O4S/c1-23(2,3)33-22(30)28-15-19(16-28)10-9-18-11-13-20(14-12-18)29(17-24(25,26)27)34(31,32)21-7-5-4-6-8-21/h4-8,11-14,19H,9-10,15-17H2,1-3H3. The maximum absolute atomic E-state index is 13.2. The third kappa shape index (κ3) is 6.88. The lowest BCUT2D eigenvalue weighted by Crippen LogP contribution is -2.51. The molecule has 0 atom stereocenters. The first-order valence-electron chi connectivity index (χ1n) is 11.0. The van der Waals surface area contributed by atoms with Gasteiger partial charge in [-0.25, -0.2) is 13.2 Å². The van der Waals surface area contributed by atoms with E-state index in [0.29, 0.717) is 29.7 Å². The van der Waals surface area contributed by atoms with Gasteiger partial charge in [0.1, 0.15) is 12.1 Å². The Labute approximate surface area is 198 Å². The molecule has 0 unspecified atom stereocenters. The predicted molar refractivity (Wildman–Crippen MR) is 123 cm³/mol. The number of sulfonamides is 1. The molecule has 2 aromatic rings. The first-order valence-corrected chi connectivity index (χ1v) is 12.4. The summed E-state index contributed by atoms with van der Waals surface area (Å²) in [6.45, 7) is 5.02. The summed E-state index contributed by atoms with van der Waals surface area (Å²) in [6, 6.07) is 13.1. The van der Waals surface area contributed by atoms with Crippen molar-refractivity contribution >= 4 is 21.8 Å². The molecule has 1 aliphatic rings. The van der Waals surface area contributed by atoms with Gasteiger partial charge < -0.3 is 9.64 Å². The van der Waals surface area contributed by atoms with E-state index in [4.69, 9.17) is 4.74 Å². The normalized spacial score (nSPS) is 15.1. The largest absolute Gasteiger partial charge is 0.444 e. The van der Waals surface area contributed by atoms with Crippen molar-refractivity contribution in [1.82, 2.24) is 4.90 Å². The number of likely N-dealkylation sites (tertiary alicyclic amines) is 1. The molecule has 10 heteroatoms. The van der Waals surface area contributed by atoms with E-state index in [9.17, 15) is 26.4 Å².